The third-order valence-corrected chi connectivity index (χ3v) is 2.68. The molecule has 0 radical (unpaired) electrons. The summed E-state index contributed by atoms with van der Waals surface area (Å²) >= 11 is 0. The Hall–Kier alpha value is -2.76. The number of amides is 1. The van der Waals surface area contributed by atoms with E-state index in [9.17, 15) is 9.59 Å². The Morgan fingerprint density at radius 3 is 2.76 bits per heavy atom. The number of carbonyl (C=O) groups is 1. The van der Waals surface area contributed by atoms with Crippen LogP contribution >= 0.6 is 0 Å². The summed E-state index contributed by atoms with van der Waals surface area (Å²) in [6.07, 6.45) is 2.87. The van der Waals surface area contributed by atoms with Crippen molar-refractivity contribution < 1.29 is 4.79 Å². The van der Waals surface area contributed by atoms with Gasteiger partial charge in [0.15, 0.2) is 5.69 Å². The summed E-state index contributed by atoms with van der Waals surface area (Å²) in [5.41, 5.74) is 1.20. The second-order valence-corrected chi connectivity index (χ2v) is 4.83. The fraction of sp³-hybridized carbons (Fsp3) is 0.200. The molecule has 1 aromatic heterocycles. The minimum atomic E-state index is -0.657. The van der Waals surface area contributed by atoms with Gasteiger partial charge in [0.25, 0.3) is 0 Å². The molecule has 0 atom stereocenters. The molecule has 21 heavy (non-hydrogen) atoms. The van der Waals surface area contributed by atoms with Crippen molar-refractivity contribution in [3.05, 3.63) is 58.0 Å². The zero-order chi connectivity index (χ0) is 15.4. The van der Waals surface area contributed by atoms with Crippen molar-refractivity contribution in [1.82, 2.24) is 14.7 Å². The topological polar surface area (TPSA) is 67.6 Å². The van der Waals surface area contributed by atoms with Crippen molar-refractivity contribution in [2.24, 2.45) is 4.99 Å². The van der Waals surface area contributed by atoms with Crippen LogP contribution in [0.4, 0.5) is 0 Å². The summed E-state index contributed by atoms with van der Waals surface area (Å²) in [6, 6.07) is 8.92. The van der Waals surface area contributed by atoms with E-state index in [1.807, 2.05) is 31.2 Å². The Morgan fingerprint density at radius 2 is 2.10 bits per heavy atom. The molecule has 0 aliphatic heterocycles. The highest BCUT2D eigenvalue weighted by Gasteiger charge is 2.12. The number of hydrogen-bond acceptors (Lipinski definition) is 3. The maximum Gasteiger partial charge on any atom is 0.302 e. The van der Waals surface area contributed by atoms with Gasteiger partial charge in [-0.15, -0.1) is 0 Å². The first-order valence-corrected chi connectivity index (χ1v) is 6.39. The van der Waals surface area contributed by atoms with Crippen LogP contribution in [0.5, 0.6) is 0 Å². The molecule has 1 heterocycles. The van der Waals surface area contributed by atoms with E-state index >= 15 is 0 Å². The normalized spacial score (nSPS) is 10.8. The molecule has 0 N–H and O–H groups in total. The molecule has 0 bridgehead atoms. The van der Waals surface area contributed by atoms with Crippen molar-refractivity contribution in [3.63, 3.8) is 0 Å². The number of hydrogen-bond donors (Lipinski definition) is 0. The van der Waals surface area contributed by atoms with E-state index in [0.717, 1.165) is 11.3 Å². The first-order valence-electron chi connectivity index (χ1n) is 6.39. The second kappa shape index (κ2) is 6.13. The summed E-state index contributed by atoms with van der Waals surface area (Å²) < 4.78 is 1.49. The van der Waals surface area contributed by atoms with Crippen LogP contribution in [0, 0.1) is 6.92 Å². The fourth-order valence-electron chi connectivity index (χ4n) is 1.70. The lowest BCUT2D eigenvalue weighted by atomic mass is 10.2. The van der Waals surface area contributed by atoms with E-state index in [-0.39, 0.29) is 5.69 Å². The van der Waals surface area contributed by atoms with Crippen LogP contribution in [0.25, 0.3) is 5.69 Å². The van der Waals surface area contributed by atoms with Crippen LogP contribution in [0.2, 0.25) is 0 Å². The smallest absolute Gasteiger partial charge is 0.302 e. The molecular weight excluding hydrogens is 268 g/mol. The summed E-state index contributed by atoms with van der Waals surface area (Å²) in [4.78, 5) is 29.0. The SMILES string of the molecule is Cc1cccc(-n2ccc(=O)c(C(=O)/N=C/N(C)C)n2)c1. The molecule has 2 rings (SSSR count). The van der Waals surface area contributed by atoms with Gasteiger partial charge in [0.05, 0.1) is 12.0 Å². The Morgan fingerprint density at radius 1 is 1.33 bits per heavy atom. The molecule has 0 saturated heterocycles. The van der Waals surface area contributed by atoms with Crippen LogP contribution in [0.1, 0.15) is 16.1 Å². The van der Waals surface area contributed by atoms with Gasteiger partial charge in [-0.25, -0.2) is 4.68 Å². The summed E-state index contributed by atoms with van der Waals surface area (Å²) in [5, 5.41) is 4.08. The first-order chi connectivity index (χ1) is 9.97. The van der Waals surface area contributed by atoms with Crippen LogP contribution in [-0.2, 0) is 0 Å². The van der Waals surface area contributed by atoms with Gasteiger partial charge in [-0.3, -0.25) is 9.59 Å². The first kappa shape index (κ1) is 14.6. The highest BCUT2D eigenvalue weighted by molar-refractivity contribution is 5.96. The molecule has 6 nitrogen and oxygen atoms in total. The minimum absolute atomic E-state index is 0.197. The van der Waals surface area contributed by atoms with Gasteiger partial charge in [0.2, 0.25) is 5.43 Å². The minimum Gasteiger partial charge on any atom is -0.369 e. The standard InChI is InChI=1S/C15H16N4O2/c1-11-5-4-6-12(9-11)19-8-7-13(20)14(17-19)15(21)16-10-18(2)3/h4-10H,1-3H3/b16-10+. The number of carbonyl (C=O) groups excluding carboxylic acids is 1. The number of aryl methyl sites for hydroxylation is 1. The number of nitrogens with zero attached hydrogens (tertiary/aromatic N) is 4. The number of benzene rings is 1. The van der Waals surface area contributed by atoms with Gasteiger partial charge >= 0.3 is 5.91 Å². The van der Waals surface area contributed by atoms with Crippen LogP contribution in [0.15, 0.2) is 46.3 Å². The molecule has 108 valence electrons. The molecule has 1 aromatic carbocycles. The van der Waals surface area contributed by atoms with Gasteiger partial charge in [0.1, 0.15) is 0 Å². The Bertz CT molecular complexity index is 747. The molecule has 0 unspecified atom stereocenters. The van der Waals surface area contributed by atoms with Crippen LogP contribution in [0.3, 0.4) is 0 Å². The van der Waals surface area contributed by atoms with E-state index in [0.29, 0.717) is 0 Å². The zero-order valence-corrected chi connectivity index (χ0v) is 12.1. The molecule has 1 amide bonds. The molecule has 2 aromatic rings. The predicted molar refractivity (Wildman–Crippen MR) is 81.1 cm³/mol. The fourth-order valence-corrected chi connectivity index (χ4v) is 1.70. The third kappa shape index (κ3) is 3.62. The van der Waals surface area contributed by atoms with Gasteiger partial charge in [-0.1, -0.05) is 12.1 Å². The quantitative estimate of drug-likeness (QED) is 0.629. The number of aliphatic imine (C=N–C) groups is 1. The highest BCUT2D eigenvalue weighted by atomic mass is 16.2. The lowest BCUT2D eigenvalue weighted by Crippen LogP contribution is -2.20. The lowest BCUT2D eigenvalue weighted by Gasteiger charge is -2.07. The maximum atomic E-state index is 11.9. The van der Waals surface area contributed by atoms with Gasteiger partial charge < -0.3 is 4.90 Å². The Balaban J connectivity index is 2.42. The average molecular weight is 284 g/mol. The van der Waals surface area contributed by atoms with Crippen molar-refractivity contribution in [1.29, 1.82) is 0 Å². The molecular formula is C15H16N4O2. The van der Waals surface area contributed by atoms with Crippen LogP contribution < -0.4 is 5.43 Å². The van der Waals surface area contributed by atoms with Gasteiger partial charge in [-0.2, -0.15) is 10.1 Å². The maximum absolute atomic E-state index is 11.9. The molecule has 6 heteroatoms. The van der Waals surface area contributed by atoms with E-state index < -0.39 is 11.3 Å². The van der Waals surface area contributed by atoms with E-state index in [4.69, 9.17) is 0 Å². The third-order valence-electron chi connectivity index (χ3n) is 2.68. The Labute approximate surface area is 122 Å². The summed E-state index contributed by atoms with van der Waals surface area (Å²) in [6.45, 7) is 1.96. The molecule has 0 aliphatic carbocycles. The van der Waals surface area contributed by atoms with Gasteiger partial charge in [-0.05, 0) is 24.6 Å². The van der Waals surface area contributed by atoms with Crippen LogP contribution in [-0.4, -0.2) is 41.0 Å². The molecule has 0 fully saturated rings. The monoisotopic (exact) mass is 284 g/mol. The average Bonchev–Trinajstić information content (AvgIpc) is 2.45. The number of aromatic nitrogens is 2. The van der Waals surface area contributed by atoms with Crippen molar-refractivity contribution in [3.8, 4) is 5.69 Å². The summed E-state index contributed by atoms with van der Waals surface area (Å²) in [5.74, 6) is -0.657. The van der Waals surface area contributed by atoms with Crippen molar-refractivity contribution in [2.45, 2.75) is 6.92 Å². The Kier molecular flexibility index (Phi) is 4.27. The lowest BCUT2D eigenvalue weighted by molar-refractivity contribution is 0.0995. The summed E-state index contributed by atoms with van der Waals surface area (Å²) in [7, 11) is 3.47. The molecule has 0 spiro atoms. The zero-order valence-electron chi connectivity index (χ0n) is 12.1. The predicted octanol–water partition coefficient (Wildman–Crippen LogP) is 1.27. The molecule has 0 aliphatic rings. The van der Waals surface area contributed by atoms with E-state index in [1.54, 1.807) is 19.0 Å². The van der Waals surface area contributed by atoms with Gasteiger partial charge in [0, 0.05) is 26.4 Å². The molecule has 0 saturated carbocycles. The number of rotatable bonds is 3. The second-order valence-electron chi connectivity index (χ2n) is 4.83. The highest BCUT2D eigenvalue weighted by Crippen LogP contribution is 2.08. The van der Waals surface area contributed by atoms with E-state index in [2.05, 4.69) is 10.1 Å². The van der Waals surface area contributed by atoms with E-state index in [1.165, 1.54) is 23.3 Å². The largest absolute Gasteiger partial charge is 0.369 e. The van der Waals surface area contributed by atoms with Crippen molar-refractivity contribution >= 4 is 12.2 Å². The van der Waals surface area contributed by atoms with Crippen molar-refractivity contribution in [2.75, 3.05) is 14.1 Å².